The average molecular weight is 617 g/mol. The molecule has 0 unspecified atom stereocenters. The number of hydrogen-bond donors (Lipinski definition) is 1. The molecule has 0 aromatic heterocycles. The lowest BCUT2D eigenvalue weighted by molar-refractivity contribution is -0.138. The first-order valence-electron chi connectivity index (χ1n) is 11.3. The van der Waals surface area contributed by atoms with Crippen LogP contribution in [0.15, 0.2) is 92.4 Å². The molecule has 0 aliphatic carbocycles. The van der Waals surface area contributed by atoms with Gasteiger partial charge in [0, 0.05) is 10.0 Å². The van der Waals surface area contributed by atoms with Gasteiger partial charge in [-0.05, 0) is 61.0 Å². The lowest BCUT2D eigenvalue weighted by Crippen LogP contribution is -2.14. The van der Waals surface area contributed by atoms with E-state index in [-0.39, 0.29) is 50.9 Å². The fourth-order valence-corrected chi connectivity index (χ4v) is 5.02. The maximum atomic E-state index is 13.2. The van der Waals surface area contributed by atoms with E-state index in [4.69, 9.17) is 21.1 Å². The van der Waals surface area contributed by atoms with E-state index >= 15 is 0 Å². The lowest BCUT2D eigenvalue weighted by Gasteiger charge is -2.11. The maximum Gasteiger partial charge on any atom is 0.344 e. The van der Waals surface area contributed by atoms with Crippen molar-refractivity contribution in [2.75, 3.05) is 6.61 Å². The minimum Gasteiger partial charge on any atom is -0.506 e. The molecule has 0 atom stereocenters. The summed E-state index contributed by atoms with van der Waals surface area (Å²) in [7, 11) is 0. The zero-order valence-corrected chi connectivity index (χ0v) is 23.1. The smallest absolute Gasteiger partial charge is 0.344 e. The number of halogens is 3. The molecule has 6 nitrogen and oxygen atoms in total. The number of aliphatic hydroxyl groups excluding tert-OH is 1. The largest absolute Gasteiger partial charge is 0.506 e. The minimum atomic E-state index is -0.811. The van der Waals surface area contributed by atoms with E-state index in [9.17, 15) is 19.1 Å². The number of rotatable bonds is 7. The van der Waals surface area contributed by atoms with Crippen LogP contribution in [0.3, 0.4) is 0 Å². The van der Waals surface area contributed by atoms with Gasteiger partial charge in [0.25, 0.3) is 5.91 Å². The SMILES string of the molecule is CCOC(=O)C1=C(O)/C(=C/c2cc(Br)ccc2OCc2ccc(F)cc2)SC1=NC(=O)c1ccccc1Cl. The van der Waals surface area contributed by atoms with Crippen molar-refractivity contribution in [3.05, 3.63) is 115 Å². The molecule has 1 N–H and O–H groups in total. The summed E-state index contributed by atoms with van der Waals surface area (Å²) in [4.78, 5) is 29.9. The molecular formula is C28H20BrClFNO5S. The number of aliphatic imine (C=N–C) groups is 1. The molecule has 194 valence electrons. The van der Waals surface area contributed by atoms with E-state index in [1.165, 1.54) is 18.2 Å². The van der Waals surface area contributed by atoms with Crippen LogP contribution >= 0.6 is 39.3 Å². The zero-order chi connectivity index (χ0) is 27.2. The first kappa shape index (κ1) is 27.6. The highest BCUT2D eigenvalue weighted by molar-refractivity contribution is 9.10. The molecule has 1 heterocycles. The maximum absolute atomic E-state index is 13.2. The number of thioether (sulfide) groups is 1. The van der Waals surface area contributed by atoms with Gasteiger partial charge in [-0.25, -0.2) is 14.2 Å². The minimum absolute atomic E-state index is 0.0131. The molecule has 3 aromatic rings. The van der Waals surface area contributed by atoms with E-state index in [0.29, 0.717) is 11.3 Å². The van der Waals surface area contributed by atoms with Crippen LogP contribution in [-0.2, 0) is 16.1 Å². The van der Waals surface area contributed by atoms with Gasteiger partial charge in [-0.2, -0.15) is 0 Å². The molecule has 4 rings (SSSR count). The standard InChI is InChI=1S/C28H20BrClFNO5S/c1-2-36-28(35)24-25(33)23(38-27(24)32-26(34)20-5-3-4-6-21(20)30)14-17-13-18(29)9-12-22(17)37-15-16-7-10-19(31)11-8-16/h3-14,33H,2,15H2,1H3/b23-14-,32-27?. The summed E-state index contributed by atoms with van der Waals surface area (Å²) in [6.45, 7) is 1.88. The third-order valence-corrected chi connectivity index (χ3v) is 7.09. The Morgan fingerprint density at radius 1 is 1.13 bits per heavy atom. The van der Waals surface area contributed by atoms with E-state index in [2.05, 4.69) is 20.9 Å². The average Bonchev–Trinajstić information content (AvgIpc) is 3.19. The van der Waals surface area contributed by atoms with Gasteiger partial charge in [0.2, 0.25) is 0 Å². The normalized spacial score (nSPS) is 15.3. The summed E-state index contributed by atoms with van der Waals surface area (Å²) in [5.74, 6) is -1.71. The van der Waals surface area contributed by atoms with Crippen molar-refractivity contribution >= 4 is 62.3 Å². The molecule has 10 heteroatoms. The third-order valence-electron chi connectivity index (χ3n) is 5.24. The Kier molecular flexibility index (Phi) is 9.04. The van der Waals surface area contributed by atoms with Gasteiger partial charge in [-0.1, -0.05) is 63.6 Å². The number of nitrogens with zero attached hydrogens (tertiary/aromatic N) is 1. The monoisotopic (exact) mass is 615 g/mol. The zero-order valence-electron chi connectivity index (χ0n) is 19.9. The highest BCUT2D eigenvalue weighted by atomic mass is 79.9. The highest BCUT2D eigenvalue weighted by Crippen LogP contribution is 2.41. The second-order valence-electron chi connectivity index (χ2n) is 7.85. The van der Waals surface area contributed by atoms with Crippen LogP contribution in [0.4, 0.5) is 4.39 Å². The topological polar surface area (TPSA) is 85.2 Å². The fourth-order valence-electron chi connectivity index (χ4n) is 3.43. The van der Waals surface area contributed by atoms with Gasteiger partial charge < -0.3 is 14.6 Å². The van der Waals surface area contributed by atoms with Crippen molar-refractivity contribution < 1.29 is 28.6 Å². The number of ether oxygens (including phenoxy) is 2. The molecule has 1 amide bonds. The van der Waals surface area contributed by atoms with Gasteiger partial charge in [0.05, 0.1) is 22.1 Å². The van der Waals surface area contributed by atoms with Crippen LogP contribution < -0.4 is 4.74 Å². The molecular weight excluding hydrogens is 597 g/mol. The van der Waals surface area contributed by atoms with Crippen LogP contribution in [-0.4, -0.2) is 28.6 Å². The second-order valence-corrected chi connectivity index (χ2v) is 10.2. The first-order chi connectivity index (χ1) is 18.3. The van der Waals surface area contributed by atoms with Gasteiger partial charge in [-0.3, -0.25) is 4.79 Å². The number of esters is 1. The Morgan fingerprint density at radius 3 is 2.58 bits per heavy atom. The second kappa shape index (κ2) is 12.4. The number of aliphatic hydroxyl groups is 1. The van der Waals surface area contributed by atoms with E-state index in [1.807, 2.05) is 0 Å². The van der Waals surface area contributed by atoms with Crippen LogP contribution in [0.1, 0.15) is 28.4 Å². The Morgan fingerprint density at radius 2 is 1.87 bits per heavy atom. The molecule has 0 radical (unpaired) electrons. The van der Waals surface area contributed by atoms with Crippen LogP contribution in [0, 0.1) is 5.82 Å². The molecule has 3 aromatic carbocycles. The van der Waals surface area contributed by atoms with Gasteiger partial charge in [0.1, 0.15) is 34.5 Å². The van der Waals surface area contributed by atoms with Crippen molar-refractivity contribution in [1.82, 2.24) is 0 Å². The number of benzene rings is 3. The summed E-state index contributed by atoms with van der Waals surface area (Å²) in [5.41, 5.74) is 1.29. The molecule has 1 aliphatic rings. The van der Waals surface area contributed by atoms with E-state index < -0.39 is 11.9 Å². The van der Waals surface area contributed by atoms with Gasteiger partial charge in [-0.15, -0.1) is 0 Å². The van der Waals surface area contributed by atoms with Crippen molar-refractivity contribution in [1.29, 1.82) is 0 Å². The number of carbonyl (C=O) groups is 2. The summed E-state index contributed by atoms with van der Waals surface area (Å²) in [6.07, 6.45) is 1.62. The molecule has 0 saturated carbocycles. The predicted molar refractivity (Wildman–Crippen MR) is 150 cm³/mol. The van der Waals surface area contributed by atoms with Gasteiger partial charge in [0.15, 0.2) is 0 Å². The number of hydrogen-bond acceptors (Lipinski definition) is 6. The van der Waals surface area contributed by atoms with Crippen LogP contribution in [0.2, 0.25) is 5.02 Å². The summed E-state index contributed by atoms with van der Waals surface area (Å²) in [6, 6.07) is 17.7. The molecule has 38 heavy (non-hydrogen) atoms. The quantitative estimate of drug-likeness (QED) is 0.276. The number of amides is 1. The summed E-state index contributed by atoms with van der Waals surface area (Å²) < 4.78 is 25.0. The van der Waals surface area contributed by atoms with Crippen molar-refractivity contribution in [2.24, 2.45) is 4.99 Å². The number of carbonyl (C=O) groups excluding carboxylic acids is 2. The van der Waals surface area contributed by atoms with Crippen molar-refractivity contribution in [3.8, 4) is 5.75 Å². The predicted octanol–water partition coefficient (Wildman–Crippen LogP) is 7.52. The third kappa shape index (κ3) is 6.53. The Labute approximate surface area is 236 Å². The lowest BCUT2D eigenvalue weighted by atomic mass is 10.1. The summed E-state index contributed by atoms with van der Waals surface area (Å²) in [5, 5.41) is 11.2. The molecule has 1 aliphatic heterocycles. The summed E-state index contributed by atoms with van der Waals surface area (Å²) >= 11 is 10.5. The first-order valence-corrected chi connectivity index (χ1v) is 13.3. The Bertz CT molecular complexity index is 1490. The fraction of sp³-hybridized carbons (Fsp3) is 0.107. The Balaban J connectivity index is 1.69. The molecule has 0 fully saturated rings. The molecule has 0 saturated heterocycles. The van der Waals surface area contributed by atoms with Crippen LogP contribution in [0.5, 0.6) is 5.75 Å². The van der Waals surface area contributed by atoms with Crippen molar-refractivity contribution in [3.63, 3.8) is 0 Å². The molecule has 0 spiro atoms. The van der Waals surface area contributed by atoms with Crippen molar-refractivity contribution in [2.45, 2.75) is 13.5 Å². The van der Waals surface area contributed by atoms with E-state index in [0.717, 1.165) is 21.8 Å². The van der Waals surface area contributed by atoms with Gasteiger partial charge >= 0.3 is 5.97 Å². The van der Waals surface area contributed by atoms with Crippen LogP contribution in [0.25, 0.3) is 6.08 Å². The highest BCUT2D eigenvalue weighted by Gasteiger charge is 2.34. The van der Waals surface area contributed by atoms with E-state index in [1.54, 1.807) is 61.5 Å². The Hall–Kier alpha value is -3.40. The molecule has 0 bridgehead atoms.